The molecular formula is C25H25ClN4O6S. The molecule has 2 aromatic carbocycles. The molecule has 3 atom stereocenters. The van der Waals surface area contributed by atoms with Crippen LogP contribution < -0.4 is 5.32 Å². The zero-order valence-electron chi connectivity index (χ0n) is 20.1. The van der Waals surface area contributed by atoms with Gasteiger partial charge in [0.25, 0.3) is 5.69 Å². The Morgan fingerprint density at radius 1 is 1.30 bits per heavy atom. The van der Waals surface area contributed by atoms with Crippen molar-refractivity contribution in [3.05, 3.63) is 80.5 Å². The summed E-state index contributed by atoms with van der Waals surface area (Å²) in [5, 5.41) is 24.2. The molecule has 5 rings (SSSR count). The van der Waals surface area contributed by atoms with Crippen molar-refractivity contribution in [2.75, 3.05) is 12.3 Å². The van der Waals surface area contributed by atoms with Gasteiger partial charge >= 0.3 is 5.97 Å². The highest BCUT2D eigenvalue weighted by Gasteiger charge is 2.59. The summed E-state index contributed by atoms with van der Waals surface area (Å²) in [6, 6.07) is 12.2. The lowest BCUT2D eigenvalue weighted by Gasteiger charge is -2.54. The highest BCUT2D eigenvalue weighted by atomic mass is 35.5. The standard InChI is InChI=1S/C25H25ClN4O6S/c1-25(2)27-19(15-4-3-5-17(31)10-15)11-28(25)21-22(32)29-20(18(26)13-37-23(21)29)24(33)36-12-14-6-8-16(9-7-14)30(34)35/h3-10,19,21,23,27,31H,11-13H2,1-2H3/t19-,21+,23+/m0/s1. The number of nitrogens with zero attached hydrogens (tertiary/aromatic N) is 3. The summed E-state index contributed by atoms with van der Waals surface area (Å²) in [5.74, 6) is -0.395. The lowest BCUT2D eigenvalue weighted by atomic mass is 10.00. The van der Waals surface area contributed by atoms with Gasteiger partial charge in [-0.3, -0.25) is 30.0 Å². The van der Waals surface area contributed by atoms with Crippen LogP contribution in [0.25, 0.3) is 0 Å². The van der Waals surface area contributed by atoms with Crippen molar-refractivity contribution in [3.8, 4) is 5.75 Å². The molecule has 0 aliphatic carbocycles. The summed E-state index contributed by atoms with van der Waals surface area (Å²) in [6.45, 7) is 4.44. The Kier molecular flexibility index (Phi) is 6.65. The Balaban J connectivity index is 1.29. The summed E-state index contributed by atoms with van der Waals surface area (Å²) in [7, 11) is 0. The first kappa shape index (κ1) is 25.5. The lowest BCUT2D eigenvalue weighted by molar-refractivity contribution is -0.384. The fraction of sp³-hybridized carbons (Fsp3) is 0.360. The molecule has 0 bridgehead atoms. The molecule has 3 aliphatic heterocycles. The van der Waals surface area contributed by atoms with Gasteiger partial charge in [-0.2, -0.15) is 0 Å². The van der Waals surface area contributed by atoms with Crippen molar-refractivity contribution in [1.82, 2.24) is 15.1 Å². The fourth-order valence-electron chi connectivity index (χ4n) is 5.01. The second-order valence-corrected chi connectivity index (χ2v) is 11.2. The molecule has 194 valence electrons. The third-order valence-electron chi connectivity index (χ3n) is 6.84. The first-order valence-corrected chi connectivity index (χ1v) is 13.1. The molecule has 0 unspecified atom stereocenters. The Hall–Kier alpha value is -3.12. The number of thioether (sulfide) groups is 1. The van der Waals surface area contributed by atoms with Crippen LogP contribution in [0.5, 0.6) is 5.75 Å². The average molecular weight is 545 g/mol. The van der Waals surface area contributed by atoms with Crippen LogP contribution in [-0.2, 0) is 20.9 Å². The van der Waals surface area contributed by atoms with Crippen molar-refractivity contribution in [2.45, 2.75) is 43.6 Å². The third-order valence-corrected chi connectivity index (χ3v) is 8.57. The predicted molar refractivity (Wildman–Crippen MR) is 137 cm³/mol. The number of nitro groups is 1. The van der Waals surface area contributed by atoms with E-state index in [0.717, 1.165) is 5.56 Å². The maximum absolute atomic E-state index is 13.4. The second-order valence-electron chi connectivity index (χ2n) is 9.61. The molecule has 0 saturated carbocycles. The number of nitro benzene ring substituents is 1. The number of fused-ring (bicyclic) bond motifs is 1. The molecule has 2 N–H and O–H groups in total. The molecule has 10 nitrogen and oxygen atoms in total. The van der Waals surface area contributed by atoms with E-state index in [1.807, 2.05) is 19.9 Å². The summed E-state index contributed by atoms with van der Waals surface area (Å²) in [4.78, 5) is 40.3. The number of carbonyl (C=O) groups is 2. The molecule has 37 heavy (non-hydrogen) atoms. The highest BCUT2D eigenvalue weighted by Crippen LogP contribution is 2.46. The minimum absolute atomic E-state index is 0.0445. The molecule has 0 aromatic heterocycles. The van der Waals surface area contributed by atoms with E-state index in [9.17, 15) is 24.8 Å². The van der Waals surface area contributed by atoms with Crippen LogP contribution in [0.15, 0.2) is 59.3 Å². The van der Waals surface area contributed by atoms with Crippen LogP contribution >= 0.6 is 23.4 Å². The number of benzene rings is 2. The average Bonchev–Trinajstić information content (AvgIpc) is 3.17. The number of β-lactam (4-membered cyclic amide) rings is 1. The van der Waals surface area contributed by atoms with E-state index < -0.39 is 22.6 Å². The quantitative estimate of drug-likeness (QED) is 0.243. The van der Waals surface area contributed by atoms with Crippen LogP contribution in [0.1, 0.15) is 31.0 Å². The number of halogens is 1. The van der Waals surface area contributed by atoms with Gasteiger partial charge < -0.3 is 9.84 Å². The smallest absolute Gasteiger partial charge is 0.356 e. The predicted octanol–water partition coefficient (Wildman–Crippen LogP) is 3.46. The van der Waals surface area contributed by atoms with Gasteiger partial charge in [0.05, 0.1) is 15.6 Å². The van der Waals surface area contributed by atoms with E-state index in [1.54, 1.807) is 18.2 Å². The van der Waals surface area contributed by atoms with Crippen LogP contribution in [0.4, 0.5) is 5.69 Å². The van der Waals surface area contributed by atoms with E-state index in [4.69, 9.17) is 16.3 Å². The summed E-state index contributed by atoms with van der Waals surface area (Å²) < 4.78 is 5.42. The van der Waals surface area contributed by atoms with Gasteiger partial charge in [-0.25, -0.2) is 4.79 Å². The number of non-ortho nitro benzene ring substituents is 1. The number of amides is 1. The maximum Gasteiger partial charge on any atom is 0.356 e. The number of phenolic OH excluding ortho intramolecular Hbond substituents is 1. The summed E-state index contributed by atoms with van der Waals surface area (Å²) in [6.07, 6.45) is 0. The van der Waals surface area contributed by atoms with E-state index in [2.05, 4.69) is 10.2 Å². The first-order valence-electron chi connectivity index (χ1n) is 11.6. The molecule has 3 aliphatic rings. The van der Waals surface area contributed by atoms with E-state index in [-0.39, 0.29) is 46.1 Å². The van der Waals surface area contributed by atoms with Crippen LogP contribution in [0, 0.1) is 10.1 Å². The van der Waals surface area contributed by atoms with Gasteiger partial charge in [-0.05, 0) is 49.2 Å². The molecule has 2 saturated heterocycles. The summed E-state index contributed by atoms with van der Waals surface area (Å²) in [5.41, 5.74) is 0.978. The highest BCUT2D eigenvalue weighted by molar-refractivity contribution is 8.00. The molecule has 0 radical (unpaired) electrons. The Morgan fingerprint density at radius 2 is 2.03 bits per heavy atom. The normalized spacial score (nSPS) is 25.0. The molecule has 1 amide bonds. The van der Waals surface area contributed by atoms with Crippen molar-refractivity contribution in [2.24, 2.45) is 0 Å². The number of aromatic hydroxyl groups is 1. The zero-order chi connectivity index (χ0) is 26.5. The molecule has 2 fully saturated rings. The number of hydrogen-bond donors (Lipinski definition) is 2. The van der Waals surface area contributed by atoms with E-state index >= 15 is 0 Å². The Labute approximate surface area is 222 Å². The largest absolute Gasteiger partial charge is 0.508 e. The fourth-order valence-corrected chi connectivity index (χ4v) is 6.62. The van der Waals surface area contributed by atoms with Gasteiger partial charge in [-0.15, -0.1) is 11.8 Å². The number of carbonyl (C=O) groups excluding carboxylic acids is 2. The number of phenols is 1. The lowest BCUT2D eigenvalue weighted by Crippen LogP contribution is -2.73. The van der Waals surface area contributed by atoms with E-state index in [1.165, 1.54) is 40.9 Å². The van der Waals surface area contributed by atoms with Gasteiger partial charge in [0, 0.05) is 30.5 Å². The number of esters is 1. The van der Waals surface area contributed by atoms with Gasteiger partial charge in [-0.1, -0.05) is 23.7 Å². The van der Waals surface area contributed by atoms with Gasteiger partial charge in [0.1, 0.15) is 29.5 Å². The number of hydrogen-bond acceptors (Lipinski definition) is 9. The van der Waals surface area contributed by atoms with Crippen molar-refractivity contribution in [1.29, 1.82) is 0 Å². The maximum atomic E-state index is 13.4. The van der Waals surface area contributed by atoms with Crippen molar-refractivity contribution in [3.63, 3.8) is 0 Å². The SMILES string of the molecule is CC1(C)N[C@H](c2cccc(O)c2)CN1[C@@H]1C(=O)N2C(C(=O)OCc3ccc([N+](=O)[O-])cc3)=C(Cl)CS[C@H]12. The topological polar surface area (TPSA) is 125 Å². The Morgan fingerprint density at radius 3 is 2.70 bits per heavy atom. The number of ether oxygens (including phenoxy) is 1. The second kappa shape index (κ2) is 9.64. The monoisotopic (exact) mass is 544 g/mol. The minimum atomic E-state index is -0.711. The third kappa shape index (κ3) is 4.68. The molecule has 3 heterocycles. The molecule has 12 heteroatoms. The zero-order valence-corrected chi connectivity index (χ0v) is 21.7. The van der Waals surface area contributed by atoms with Crippen LogP contribution in [0.2, 0.25) is 0 Å². The van der Waals surface area contributed by atoms with Crippen molar-refractivity contribution >= 4 is 40.9 Å². The van der Waals surface area contributed by atoms with Crippen LogP contribution in [-0.4, -0.2) is 61.1 Å². The van der Waals surface area contributed by atoms with Gasteiger partial charge in [0.2, 0.25) is 5.91 Å². The first-order chi connectivity index (χ1) is 17.6. The molecule has 0 spiro atoms. The minimum Gasteiger partial charge on any atom is -0.508 e. The molecular weight excluding hydrogens is 520 g/mol. The van der Waals surface area contributed by atoms with E-state index in [0.29, 0.717) is 17.9 Å². The number of nitrogens with one attached hydrogen (secondary N) is 1. The number of rotatable bonds is 6. The van der Waals surface area contributed by atoms with Gasteiger partial charge in [0.15, 0.2) is 0 Å². The molecule has 2 aromatic rings. The van der Waals surface area contributed by atoms with Crippen molar-refractivity contribution < 1.29 is 24.4 Å². The summed E-state index contributed by atoms with van der Waals surface area (Å²) >= 11 is 7.89. The van der Waals surface area contributed by atoms with Crippen LogP contribution in [0.3, 0.4) is 0 Å². The Bertz CT molecular complexity index is 1300.